The quantitative estimate of drug-likeness (QED) is 0.537. The van der Waals surface area contributed by atoms with Crippen LogP contribution in [0, 0.1) is 5.82 Å². The zero-order valence-corrected chi connectivity index (χ0v) is 17.8. The van der Waals surface area contributed by atoms with Gasteiger partial charge in [0.25, 0.3) is 0 Å². The van der Waals surface area contributed by atoms with Crippen LogP contribution in [-0.2, 0) is 6.42 Å². The number of rotatable bonds is 8. The molecule has 0 radical (unpaired) electrons. The number of aryl methyl sites for hydroxylation is 1. The Labute approximate surface area is 176 Å². The number of benzene rings is 2. The summed E-state index contributed by atoms with van der Waals surface area (Å²) in [7, 11) is 0. The molecule has 27 heavy (non-hydrogen) atoms. The Kier molecular flexibility index (Phi) is 9.85. The molecule has 0 heterocycles. The lowest BCUT2D eigenvalue weighted by molar-refractivity contribution is 0.0947. The SMILES string of the molecule is CC(C)N(CCCc1ccc(F)cc1)CC(O)c1cc(Cl)c(N)c(Cl)c1.Cl. The number of hydrogen-bond donors (Lipinski definition) is 2. The lowest BCUT2D eigenvalue weighted by Crippen LogP contribution is -2.35. The molecule has 0 fully saturated rings. The zero-order valence-electron chi connectivity index (χ0n) is 15.5. The van der Waals surface area contributed by atoms with Crippen LogP contribution >= 0.6 is 35.6 Å². The third-order valence-corrected chi connectivity index (χ3v) is 5.07. The Morgan fingerprint density at radius 3 is 2.19 bits per heavy atom. The molecule has 0 aliphatic heterocycles. The fourth-order valence-electron chi connectivity index (χ4n) is 2.82. The molecule has 0 bridgehead atoms. The summed E-state index contributed by atoms with van der Waals surface area (Å²) in [5.41, 5.74) is 7.83. The molecule has 3 nitrogen and oxygen atoms in total. The smallest absolute Gasteiger partial charge is 0.123 e. The van der Waals surface area contributed by atoms with Crippen molar-refractivity contribution in [2.45, 2.75) is 38.8 Å². The van der Waals surface area contributed by atoms with E-state index in [-0.39, 0.29) is 24.3 Å². The van der Waals surface area contributed by atoms with E-state index in [9.17, 15) is 9.50 Å². The first-order chi connectivity index (χ1) is 12.3. The molecule has 0 saturated heterocycles. The first kappa shape index (κ1) is 24.0. The molecule has 2 aromatic rings. The standard InChI is InChI=1S/C20H25Cl2FN2O.ClH/c1-13(2)25(9-3-4-14-5-7-16(23)8-6-14)12-19(26)15-10-17(21)20(24)18(22)11-15;/h5-8,10-11,13,19,26H,3-4,9,12,24H2,1-2H3;1H. The van der Waals surface area contributed by atoms with Crippen molar-refractivity contribution in [2.75, 3.05) is 18.8 Å². The fourth-order valence-corrected chi connectivity index (χ4v) is 3.33. The van der Waals surface area contributed by atoms with Gasteiger partial charge in [-0.05, 0) is 68.6 Å². The Bertz CT molecular complexity index is 703. The minimum atomic E-state index is -0.709. The van der Waals surface area contributed by atoms with Gasteiger partial charge in [0.15, 0.2) is 0 Å². The van der Waals surface area contributed by atoms with E-state index < -0.39 is 6.10 Å². The summed E-state index contributed by atoms with van der Waals surface area (Å²) in [6.07, 6.45) is 1.07. The number of aliphatic hydroxyl groups excluding tert-OH is 1. The average Bonchev–Trinajstić information content (AvgIpc) is 2.59. The van der Waals surface area contributed by atoms with E-state index >= 15 is 0 Å². The van der Waals surface area contributed by atoms with Gasteiger partial charge in [-0.15, -0.1) is 12.4 Å². The maximum Gasteiger partial charge on any atom is 0.123 e. The molecule has 2 aromatic carbocycles. The summed E-state index contributed by atoms with van der Waals surface area (Å²) in [4.78, 5) is 2.20. The number of nitrogens with zero attached hydrogens (tertiary/aromatic N) is 1. The number of aliphatic hydroxyl groups is 1. The highest BCUT2D eigenvalue weighted by Crippen LogP contribution is 2.31. The second kappa shape index (κ2) is 11.1. The second-order valence-electron chi connectivity index (χ2n) is 6.73. The molecule has 0 aliphatic rings. The summed E-state index contributed by atoms with van der Waals surface area (Å²) in [5.74, 6) is -0.221. The highest BCUT2D eigenvalue weighted by molar-refractivity contribution is 6.38. The van der Waals surface area contributed by atoms with Crippen LogP contribution in [0.25, 0.3) is 0 Å². The second-order valence-corrected chi connectivity index (χ2v) is 7.55. The first-order valence-electron chi connectivity index (χ1n) is 8.69. The van der Waals surface area contributed by atoms with E-state index in [1.54, 1.807) is 12.1 Å². The molecular formula is C20H26Cl3FN2O. The minimum Gasteiger partial charge on any atom is -0.396 e. The van der Waals surface area contributed by atoms with Crippen molar-refractivity contribution in [1.29, 1.82) is 0 Å². The molecule has 0 aromatic heterocycles. The summed E-state index contributed by atoms with van der Waals surface area (Å²) >= 11 is 12.1. The van der Waals surface area contributed by atoms with E-state index in [0.717, 1.165) is 24.9 Å². The van der Waals surface area contributed by atoms with Crippen LogP contribution in [0.4, 0.5) is 10.1 Å². The topological polar surface area (TPSA) is 49.5 Å². The van der Waals surface area contributed by atoms with E-state index in [1.165, 1.54) is 12.1 Å². The van der Waals surface area contributed by atoms with Crippen LogP contribution in [0.1, 0.15) is 37.5 Å². The van der Waals surface area contributed by atoms with Gasteiger partial charge in [-0.25, -0.2) is 4.39 Å². The van der Waals surface area contributed by atoms with Crippen molar-refractivity contribution >= 4 is 41.3 Å². The van der Waals surface area contributed by atoms with E-state index in [4.69, 9.17) is 28.9 Å². The van der Waals surface area contributed by atoms with Crippen LogP contribution in [0.2, 0.25) is 10.0 Å². The minimum absolute atomic E-state index is 0. The van der Waals surface area contributed by atoms with Gasteiger partial charge in [0.05, 0.1) is 21.8 Å². The van der Waals surface area contributed by atoms with E-state index in [0.29, 0.717) is 27.8 Å². The highest BCUT2D eigenvalue weighted by Gasteiger charge is 2.18. The van der Waals surface area contributed by atoms with Crippen LogP contribution in [-0.4, -0.2) is 29.1 Å². The molecular weight excluding hydrogens is 410 g/mol. The van der Waals surface area contributed by atoms with Crippen molar-refractivity contribution in [2.24, 2.45) is 0 Å². The number of anilines is 1. The third kappa shape index (κ3) is 7.13. The maximum absolute atomic E-state index is 13.0. The first-order valence-corrected chi connectivity index (χ1v) is 9.44. The van der Waals surface area contributed by atoms with E-state index in [1.807, 2.05) is 12.1 Å². The molecule has 2 rings (SSSR count). The number of nitrogen functional groups attached to an aromatic ring is 1. The van der Waals surface area contributed by atoms with Crippen molar-refractivity contribution < 1.29 is 9.50 Å². The summed E-state index contributed by atoms with van der Waals surface area (Å²) < 4.78 is 13.0. The van der Waals surface area contributed by atoms with Gasteiger partial charge < -0.3 is 10.8 Å². The summed E-state index contributed by atoms with van der Waals surface area (Å²) in [5, 5.41) is 11.3. The van der Waals surface area contributed by atoms with E-state index in [2.05, 4.69) is 18.7 Å². The Balaban J connectivity index is 0.00000364. The molecule has 1 atom stereocenters. The molecule has 0 amide bonds. The normalized spacial score (nSPS) is 12.3. The molecule has 0 saturated carbocycles. The van der Waals surface area contributed by atoms with Gasteiger partial charge in [0, 0.05) is 12.6 Å². The zero-order chi connectivity index (χ0) is 19.3. The van der Waals surface area contributed by atoms with Crippen molar-refractivity contribution in [3.63, 3.8) is 0 Å². The van der Waals surface area contributed by atoms with Crippen molar-refractivity contribution in [1.82, 2.24) is 4.90 Å². The van der Waals surface area contributed by atoms with Gasteiger partial charge in [0.2, 0.25) is 0 Å². The van der Waals surface area contributed by atoms with Gasteiger partial charge in [-0.3, -0.25) is 4.90 Å². The van der Waals surface area contributed by atoms with Gasteiger partial charge in [-0.1, -0.05) is 35.3 Å². The van der Waals surface area contributed by atoms with Crippen LogP contribution in [0.3, 0.4) is 0 Å². The van der Waals surface area contributed by atoms with Crippen molar-refractivity contribution in [3.8, 4) is 0 Å². The van der Waals surface area contributed by atoms with Crippen molar-refractivity contribution in [3.05, 3.63) is 63.4 Å². The Morgan fingerprint density at radius 2 is 1.67 bits per heavy atom. The summed E-state index contributed by atoms with van der Waals surface area (Å²) in [6.45, 7) is 5.47. The van der Waals surface area contributed by atoms with Gasteiger partial charge >= 0.3 is 0 Å². The predicted octanol–water partition coefficient (Wildman–Crippen LogP) is 5.51. The van der Waals surface area contributed by atoms with Crippen LogP contribution in [0.15, 0.2) is 36.4 Å². The van der Waals surface area contributed by atoms with Gasteiger partial charge in [-0.2, -0.15) is 0 Å². The number of hydrogen-bond acceptors (Lipinski definition) is 3. The average molecular weight is 436 g/mol. The molecule has 0 spiro atoms. The molecule has 1 unspecified atom stereocenters. The monoisotopic (exact) mass is 434 g/mol. The predicted molar refractivity (Wildman–Crippen MR) is 115 cm³/mol. The summed E-state index contributed by atoms with van der Waals surface area (Å²) in [6, 6.07) is 10.2. The largest absolute Gasteiger partial charge is 0.396 e. The van der Waals surface area contributed by atoms with Crippen LogP contribution in [0.5, 0.6) is 0 Å². The molecule has 7 heteroatoms. The molecule has 0 aliphatic carbocycles. The number of nitrogens with two attached hydrogens (primary N) is 1. The van der Waals surface area contributed by atoms with Gasteiger partial charge in [0.1, 0.15) is 5.82 Å². The maximum atomic E-state index is 13.0. The lowest BCUT2D eigenvalue weighted by atomic mass is 10.1. The number of halogens is 4. The van der Waals surface area contributed by atoms with Crippen LogP contribution < -0.4 is 5.73 Å². The Hall–Kier alpha value is -1.04. The molecule has 150 valence electrons. The fraction of sp³-hybridized carbons (Fsp3) is 0.400. The Morgan fingerprint density at radius 1 is 1.11 bits per heavy atom. The third-order valence-electron chi connectivity index (χ3n) is 4.45. The highest BCUT2D eigenvalue weighted by atomic mass is 35.5. The lowest BCUT2D eigenvalue weighted by Gasteiger charge is -2.29. The molecule has 3 N–H and O–H groups in total.